The molecule has 15 heavy (non-hydrogen) atoms. The molecule has 0 radical (unpaired) electrons. The van der Waals surface area contributed by atoms with Crippen LogP contribution >= 0.6 is 0 Å². The highest BCUT2D eigenvalue weighted by molar-refractivity contribution is 5.75. The fraction of sp³-hybridized carbons (Fsp3) is 0.600. The molecule has 0 unspecified atom stereocenters. The smallest absolute Gasteiger partial charge is 0.312 e. The van der Waals surface area contributed by atoms with E-state index in [0.717, 1.165) is 5.69 Å². The molecule has 0 aliphatic carbocycles. The molecule has 5 heteroatoms. The Bertz CT molecular complexity index is 339. The molecule has 1 heterocycles. The van der Waals surface area contributed by atoms with Crippen LogP contribution in [0.15, 0.2) is 12.5 Å². The van der Waals surface area contributed by atoms with Gasteiger partial charge in [-0.25, -0.2) is 4.98 Å². The second kappa shape index (κ2) is 4.44. The Morgan fingerprint density at radius 1 is 1.60 bits per heavy atom. The number of nitrogens with zero attached hydrogens (tertiary/aromatic N) is 2. The Kier molecular flexibility index (Phi) is 3.47. The van der Waals surface area contributed by atoms with Crippen molar-refractivity contribution in [3.63, 3.8) is 0 Å². The normalized spacial score (nSPS) is 11.5. The first-order valence-electron chi connectivity index (χ1n) is 4.81. The van der Waals surface area contributed by atoms with Crippen LogP contribution in [0, 0.1) is 5.41 Å². The molecule has 0 amide bonds. The van der Waals surface area contributed by atoms with Gasteiger partial charge in [0.05, 0.1) is 17.4 Å². The lowest BCUT2D eigenvalue weighted by atomic mass is 9.98. The maximum absolute atomic E-state index is 11.4. The van der Waals surface area contributed by atoms with Crippen LogP contribution in [0.3, 0.4) is 0 Å². The summed E-state index contributed by atoms with van der Waals surface area (Å²) in [4.78, 5) is 15.5. The first kappa shape index (κ1) is 11.7. The molecule has 5 nitrogen and oxygen atoms in total. The highest BCUT2D eigenvalue weighted by Gasteiger charge is 2.22. The molecule has 0 atom stereocenters. The summed E-state index contributed by atoms with van der Waals surface area (Å²) in [6, 6.07) is 0. The van der Waals surface area contributed by atoms with E-state index in [4.69, 9.17) is 10.5 Å². The van der Waals surface area contributed by atoms with Crippen molar-refractivity contribution in [3.8, 4) is 0 Å². The van der Waals surface area contributed by atoms with E-state index in [2.05, 4.69) is 4.98 Å². The van der Waals surface area contributed by atoms with Gasteiger partial charge in [0.2, 0.25) is 0 Å². The third kappa shape index (κ3) is 3.36. The molecule has 2 N–H and O–H groups in total. The molecule has 1 rings (SSSR count). The fourth-order valence-corrected chi connectivity index (χ4v) is 0.932. The number of nitrogens with two attached hydrogens (primary N) is 1. The summed E-state index contributed by atoms with van der Waals surface area (Å²) in [5, 5.41) is 0. The van der Waals surface area contributed by atoms with Gasteiger partial charge in [0, 0.05) is 12.7 Å². The first-order valence-corrected chi connectivity index (χ1v) is 4.81. The molecule has 0 aromatic carbocycles. The Morgan fingerprint density at radius 2 is 2.27 bits per heavy atom. The molecule has 0 fully saturated rings. The lowest BCUT2D eigenvalue weighted by Gasteiger charge is -2.16. The monoisotopic (exact) mass is 211 g/mol. The van der Waals surface area contributed by atoms with Gasteiger partial charge in [0.1, 0.15) is 0 Å². The molecule has 0 spiro atoms. The van der Waals surface area contributed by atoms with Gasteiger partial charge in [0.25, 0.3) is 0 Å². The highest BCUT2D eigenvalue weighted by Crippen LogP contribution is 2.15. The topological polar surface area (TPSA) is 70.1 Å². The molecule has 1 aromatic heterocycles. The van der Waals surface area contributed by atoms with Crippen LogP contribution in [0.4, 0.5) is 0 Å². The summed E-state index contributed by atoms with van der Waals surface area (Å²) in [7, 11) is 0. The van der Waals surface area contributed by atoms with Gasteiger partial charge in [-0.1, -0.05) is 0 Å². The zero-order chi connectivity index (χ0) is 11.5. The number of esters is 1. The van der Waals surface area contributed by atoms with Crippen molar-refractivity contribution in [2.24, 2.45) is 11.1 Å². The summed E-state index contributed by atoms with van der Waals surface area (Å²) >= 11 is 0. The largest absolute Gasteiger partial charge is 0.443 e. The zero-order valence-electron chi connectivity index (χ0n) is 9.36. The molecule has 0 saturated carbocycles. The van der Waals surface area contributed by atoms with Gasteiger partial charge in [-0.15, -0.1) is 0 Å². The van der Waals surface area contributed by atoms with Crippen LogP contribution in [0.2, 0.25) is 0 Å². The second-order valence-electron chi connectivity index (χ2n) is 4.39. The summed E-state index contributed by atoms with van der Waals surface area (Å²) in [5.41, 5.74) is 5.71. The predicted octanol–water partition coefficient (Wildman–Crippen LogP) is 0.889. The quantitative estimate of drug-likeness (QED) is 0.754. The number of ether oxygens (including phenoxy) is 1. The minimum atomic E-state index is -0.475. The molecule has 0 aliphatic rings. The Hall–Kier alpha value is -1.36. The third-order valence-corrected chi connectivity index (χ3v) is 1.85. The van der Waals surface area contributed by atoms with Gasteiger partial charge in [0.15, 0.2) is 6.73 Å². The van der Waals surface area contributed by atoms with E-state index in [1.807, 2.05) is 20.8 Å². The molecule has 1 aromatic rings. The van der Waals surface area contributed by atoms with Crippen molar-refractivity contribution in [3.05, 3.63) is 18.2 Å². The van der Waals surface area contributed by atoms with Gasteiger partial charge in [-0.3, -0.25) is 4.79 Å². The SMILES string of the molecule is CC(C)(C)C(=O)OCn1cnc(CN)c1. The number of hydrogen-bond donors (Lipinski definition) is 1. The Labute approximate surface area is 89.2 Å². The summed E-state index contributed by atoms with van der Waals surface area (Å²) in [6.07, 6.45) is 3.36. The van der Waals surface area contributed by atoms with E-state index in [9.17, 15) is 4.79 Å². The van der Waals surface area contributed by atoms with E-state index in [-0.39, 0.29) is 12.7 Å². The number of hydrogen-bond acceptors (Lipinski definition) is 4. The van der Waals surface area contributed by atoms with Crippen LogP contribution < -0.4 is 5.73 Å². The predicted molar refractivity (Wildman–Crippen MR) is 55.7 cm³/mol. The van der Waals surface area contributed by atoms with E-state index in [1.165, 1.54) is 0 Å². The average Bonchev–Trinajstić information content (AvgIpc) is 2.60. The fourth-order valence-electron chi connectivity index (χ4n) is 0.932. The summed E-state index contributed by atoms with van der Waals surface area (Å²) in [5.74, 6) is -0.231. The van der Waals surface area contributed by atoms with E-state index in [1.54, 1.807) is 17.1 Å². The minimum absolute atomic E-state index is 0.184. The molecule has 0 saturated heterocycles. The number of carbonyl (C=O) groups is 1. The zero-order valence-corrected chi connectivity index (χ0v) is 9.36. The van der Waals surface area contributed by atoms with Gasteiger partial charge in [-0.2, -0.15) is 0 Å². The van der Waals surface area contributed by atoms with Crippen LogP contribution in [0.25, 0.3) is 0 Å². The number of imidazole rings is 1. The van der Waals surface area contributed by atoms with E-state index >= 15 is 0 Å². The summed E-state index contributed by atoms with van der Waals surface area (Å²) in [6.45, 7) is 6.01. The molecular formula is C10H17N3O2. The minimum Gasteiger partial charge on any atom is -0.443 e. The number of rotatable bonds is 3. The Balaban J connectivity index is 2.47. The maximum atomic E-state index is 11.4. The lowest BCUT2D eigenvalue weighted by molar-refractivity contribution is -0.156. The average molecular weight is 211 g/mol. The maximum Gasteiger partial charge on any atom is 0.312 e. The van der Waals surface area contributed by atoms with E-state index < -0.39 is 5.41 Å². The second-order valence-corrected chi connectivity index (χ2v) is 4.39. The van der Waals surface area contributed by atoms with Crippen molar-refractivity contribution < 1.29 is 9.53 Å². The van der Waals surface area contributed by atoms with E-state index in [0.29, 0.717) is 6.54 Å². The van der Waals surface area contributed by atoms with Crippen LogP contribution in [0.5, 0.6) is 0 Å². The molecule has 0 aliphatic heterocycles. The van der Waals surface area contributed by atoms with Crippen molar-refractivity contribution in [1.82, 2.24) is 9.55 Å². The standard InChI is InChI=1S/C10H17N3O2/c1-10(2,3)9(14)15-7-13-5-8(4-11)12-6-13/h5-6H,4,7,11H2,1-3H3. The van der Waals surface area contributed by atoms with Gasteiger partial charge < -0.3 is 15.0 Å². The number of carbonyl (C=O) groups excluding carboxylic acids is 1. The van der Waals surface area contributed by atoms with Gasteiger partial charge in [-0.05, 0) is 20.8 Å². The summed E-state index contributed by atoms with van der Waals surface area (Å²) < 4.78 is 6.78. The van der Waals surface area contributed by atoms with Crippen molar-refractivity contribution in [1.29, 1.82) is 0 Å². The van der Waals surface area contributed by atoms with Crippen molar-refractivity contribution in [2.75, 3.05) is 0 Å². The Morgan fingerprint density at radius 3 is 2.73 bits per heavy atom. The van der Waals surface area contributed by atoms with Crippen LogP contribution in [-0.2, 0) is 22.8 Å². The first-order chi connectivity index (χ1) is 6.93. The third-order valence-electron chi connectivity index (χ3n) is 1.85. The van der Waals surface area contributed by atoms with Crippen molar-refractivity contribution >= 4 is 5.97 Å². The number of aromatic nitrogens is 2. The highest BCUT2D eigenvalue weighted by atomic mass is 16.5. The van der Waals surface area contributed by atoms with Crippen LogP contribution in [0.1, 0.15) is 26.5 Å². The van der Waals surface area contributed by atoms with Crippen molar-refractivity contribution in [2.45, 2.75) is 34.0 Å². The van der Waals surface area contributed by atoms with Gasteiger partial charge >= 0.3 is 5.97 Å². The van der Waals surface area contributed by atoms with Crippen LogP contribution in [-0.4, -0.2) is 15.5 Å². The molecular weight excluding hydrogens is 194 g/mol. The molecule has 0 bridgehead atoms. The lowest BCUT2D eigenvalue weighted by Crippen LogP contribution is -2.23. The molecule has 84 valence electrons.